The van der Waals surface area contributed by atoms with Crippen LogP contribution >= 0.6 is 22.9 Å². The van der Waals surface area contributed by atoms with Crippen LogP contribution in [0.4, 0.5) is 11.4 Å². The third-order valence-corrected chi connectivity index (χ3v) is 5.68. The molecule has 0 spiro atoms. The first-order chi connectivity index (χ1) is 13.8. The minimum absolute atomic E-state index is 0. The summed E-state index contributed by atoms with van der Waals surface area (Å²) in [5.41, 5.74) is 1.29. The molecule has 3 rings (SSSR count). The van der Waals surface area contributed by atoms with Crippen molar-refractivity contribution in [1.29, 1.82) is 0 Å². The molecule has 1 amide bonds. The standard InChI is InChI=1S/C21H17ClN2O4S.CH4.H2O/c1-12(2)24(20(25)15-9-8-14(22)10-16(15)23-28)17-11-18(29-19(17)21(26)27)13-6-4-3-5-7-13;;/h3-12H,1-2H3,(H,26,27);1H4;1H2. The normalized spacial score (nSPS) is 10.1. The number of hydrogen-bond acceptors (Lipinski definition) is 5. The van der Waals surface area contributed by atoms with Crippen LogP contribution in [0.15, 0.2) is 54.6 Å². The highest BCUT2D eigenvalue weighted by molar-refractivity contribution is 7.18. The largest absolute Gasteiger partial charge is 0.870 e. The van der Waals surface area contributed by atoms with Crippen molar-refractivity contribution in [3.8, 4) is 10.4 Å². The summed E-state index contributed by atoms with van der Waals surface area (Å²) in [5.74, 6) is -1.61. The van der Waals surface area contributed by atoms with Crippen LogP contribution in [0.5, 0.6) is 0 Å². The summed E-state index contributed by atoms with van der Waals surface area (Å²) in [4.78, 5) is 38.7. The number of anilines is 1. The van der Waals surface area contributed by atoms with Gasteiger partial charge in [0.15, 0.2) is 0 Å². The molecule has 0 fully saturated rings. The Bertz CT molecular complexity index is 1080. The number of carbonyl (C=O) groups excluding carboxylic acids is 1. The molecule has 164 valence electrons. The van der Waals surface area contributed by atoms with Gasteiger partial charge in [-0.1, -0.05) is 49.4 Å². The quantitative estimate of drug-likeness (QED) is 0.547. The fourth-order valence-electron chi connectivity index (χ4n) is 3.00. The van der Waals surface area contributed by atoms with Crippen LogP contribution in [0.3, 0.4) is 0 Å². The highest BCUT2D eigenvalue weighted by Crippen LogP contribution is 2.38. The second kappa shape index (κ2) is 10.8. The minimum Gasteiger partial charge on any atom is -0.870 e. The lowest BCUT2D eigenvalue weighted by Crippen LogP contribution is -2.57. The average molecular weight is 463 g/mol. The summed E-state index contributed by atoms with van der Waals surface area (Å²) in [7, 11) is 0. The third kappa shape index (κ3) is 5.35. The van der Waals surface area contributed by atoms with Crippen LogP contribution in [-0.4, -0.2) is 28.5 Å². The van der Waals surface area contributed by atoms with Gasteiger partial charge >= 0.3 is 5.97 Å². The van der Waals surface area contributed by atoms with Gasteiger partial charge in [0.25, 0.3) is 11.6 Å². The van der Waals surface area contributed by atoms with Crippen LogP contribution in [-0.2, 0) is 0 Å². The predicted molar refractivity (Wildman–Crippen MR) is 123 cm³/mol. The van der Waals surface area contributed by atoms with E-state index in [0.717, 1.165) is 21.8 Å². The highest BCUT2D eigenvalue weighted by Gasteiger charge is 2.30. The fourth-order valence-corrected chi connectivity index (χ4v) is 4.16. The van der Waals surface area contributed by atoms with Crippen LogP contribution in [0.1, 0.15) is 41.3 Å². The molecule has 0 aliphatic heterocycles. The Hall–Kier alpha value is -3.07. The monoisotopic (exact) mass is 462 g/mol. The van der Waals surface area contributed by atoms with Crippen molar-refractivity contribution in [1.82, 2.24) is 0 Å². The molecule has 0 aliphatic rings. The van der Waals surface area contributed by atoms with Gasteiger partial charge in [-0.15, -0.1) is 11.3 Å². The summed E-state index contributed by atoms with van der Waals surface area (Å²) in [6, 6.07) is 15.0. The Morgan fingerprint density at radius 3 is 2.29 bits per heavy atom. The number of carboxylic acid groups (broad SMARTS) is 1. The second-order valence-electron chi connectivity index (χ2n) is 6.56. The van der Waals surface area contributed by atoms with Crippen LogP contribution in [0, 0.1) is 4.91 Å². The van der Waals surface area contributed by atoms with Crippen molar-refractivity contribution in [2.75, 3.05) is 4.90 Å². The van der Waals surface area contributed by atoms with E-state index in [1.807, 2.05) is 30.3 Å². The topological polar surface area (TPSA) is 119 Å². The van der Waals surface area contributed by atoms with Gasteiger partial charge in [-0.2, -0.15) is 0 Å². The highest BCUT2D eigenvalue weighted by atomic mass is 35.5. The number of nitroso groups, excluding NO2 is 1. The number of carbonyl (C=O) groups is 2. The lowest BCUT2D eigenvalue weighted by atomic mass is 10.1. The number of halogens is 1. The van der Waals surface area contributed by atoms with Crippen molar-refractivity contribution in [2.45, 2.75) is 27.3 Å². The summed E-state index contributed by atoms with van der Waals surface area (Å²) in [6.07, 6.45) is 0. The molecular weight excluding hydrogens is 440 g/mol. The molecule has 0 atom stereocenters. The van der Waals surface area contributed by atoms with E-state index in [4.69, 9.17) is 11.6 Å². The maximum absolute atomic E-state index is 13.3. The molecule has 3 N–H and O–H groups in total. The van der Waals surface area contributed by atoms with E-state index in [-0.39, 0.29) is 40.8 Å². The second-order valence-corrected chi connectivity index (χ2v) is 8.05. The smallest absolute Gasteiger partial charge is 0.348 e. The van der Waals surface area contributed by atoms with E-state index < -0.39 is 11.9 Å². The number of nitrogens with zero attached hydrogens (tertiary/aromatic N) is 1. The number of rotatable bonds is 6. The first-order valence-electron chi connectivity index (χ1n) is 8.77. The SMILES string of the molecule is C.CC(C)N(C(=O)c1ccc(Cl)cc1[NH+]=O)c1cc(-c2ccccc2)sc1C(=O)O.[OH-]. The maximum atomic E-state index is 13.3. The molecular formula is C22H23ClN2O5S. The number of thiophene rings is 1. The molecule has 0 unspecified atom stereocenters. The van der Waals surface area contributed by atoms with E-state index in [1.165, 1.54) is 23.1 Å². The van der Waals surface area contributed by atoms with Gasteiger partial charge < -0.3 is 15.5 Å². The molecule has 1 heterocycles. The number of aromatic carboxylic acids is 1. The maximum Gasteiger partial charge on any atom is 0.348 e. The molecule has 7 nitrogen and oxygen atoms in total. The third-order valence-electron chi connectivity index (χ3n) is 4.28. The van der Waals surface area contributed by atoms with Crippen molar-refractivity contribution >= 4 is 46.2 Å². The van der Waals surface area contributed by atoms with Gasteiger partial charge in [0, 0.05) is 32.1 Å². The lowest BCUT2D eigenvalue weighted by Gasteiger charge is -2.26. The van der Waals surface area contributed by atoms with Gasteiger partial charge in [-0.25, -0.2) is 4.79 Å². The van der Waals surface area contributed by atoms with Gasteiger partial charge in [0.2, 0.25) is 0 Å². The molecule has 31 heavy (non-hydrogen) atoms. The molecule has 0 radical (unpaired) electrons. The van der Waals surface area contributed by atoms with Crippen LogP contribution in [0.2, 0.25) is 5.02 Å². The number of amides is 1. The predicted octanol–water partition coefficient (Wildman–Crippen LogP) is 4.76. The molecule has 0 saturated carbocycles. The van der Waals surface area contributed by atoms with Gasteiger partial charge in [0.05, 0.1) is 5.69 Å². The van der Waals surface area contributed by atoms with E-state index in [9.17, 15) is 19.6 Å². The number of nitrogens with one attached hydrogen (secondary N) is 1. The molecule has 0 bridgehead atoms. The minimum atomic E-state index is -1.12. The van der Waals surface area contributed by atoms with E-state index in [1.54, 1.807) is 25.1 Å². The van der Waals surface area contributed by atoms with E-state index in [0.29, 0.717) is 5.02 Å². The summed E-state index contributed by atoms with van der Waals surface area (Å²) >= 11 is 7.02. The van der Waals surface area contributed by atoms with Crippen molar-refractivity contribution in [3.05, 3.63) is 75.0 Å². The van der Waals surface area contributed by atoms with Crippen molar-refractivity contribution < 1.29 is 25.3 Å². The van der Waals surface area contributed by atoms with E-state index in [2.05, 4.69) is 0 Å². The van der Waals surface area contributed by atoms with Crippen molar-refractivity contribution in [2.24, 2.45) is 0 Å². The van der Waals surface area contributed by atoms with E-state index >= 15 is 0 Å². The zero-order valence-corrected chi connectivity index (χ0v) is 17.7. The summed E-state index contributed by atoms with van der Waals surface area (Å²) in [5, 5.41) is 11.8. The van der Waals surface area contributed by atoms with Gasteiger partial charge in [0.1, 0.15) is 10.4 Å². The summed E-state index contributed by atoms with van der Waals surface area (Å²) in [6.45, 7) is 3.56. The first kappa shape index (κ1) is 26.0. The zero-order chi connectivity index (χ0) is 21.1. The Kier molecular flexibility index (Phi) is 9.05. The van der Waals surface area contributed by atoms with Gasteiger partial charge in [-0.05, 0) is 37.6 Å². The Morgan fingerprint density at radius 1 is 1.10 bits per heavy atom. The van der Waals surface area contributed by atoms with Crippen molar-refractivity contribution in [3.63, 3.8) is 0 Å². The fraction of sp³-hybridized carbons (Fsp3) is 0.182. The first-order valence-corrected chi connectivity index (χ1v) is 9.96. The Balaban J connectivity index is 0.00000240. The van der Waals surface area contributed by atoms with Crippen LogP contribution < -0.4 is 10.1 Å². The number of hydrogen-bond donors (Lipinski definition) is 2. The molecule has 3 aromatic rings. The Labute approximate surface area is 189 Å². The molecule has 0 aliphatic carbocycles. The number of benzene rings is 2. The van der Waals surface area contributed by atoms with Crippen LogP contribution in [0.25, 0.3) is 10.4 Å². The molecule has 2 aromatic carbocycles. The molecule has 9 heteroatoms. The summed E-state index contributed by atoms with van der Waals surface area (Å²) < 4.78 is 0. The zero-order valence-electron chi connectivity index (χ0n) is 16.1. The molecule has 0 saturated heterocycles. The van der Waals surface area contributed by atoms with Gasteiger partial charge in [-0.3, -0.25) is 4.79 Å². The molecule has 1 aromatic heterocycles. The lowest BCUT2D eigenvalue weighted by molar-refractivity contribution is -0.379. The Morgan fingerprint density at radius 2 is 1.74 bits per heavy atom. The number of carboxylic acids is 1. The average Bonchev–Trinajstić information content (AvgIpc) is 3.13.